The van der Waals surface area contributed by atoms with Gasteiger partial charge < -0.3 is 10.2 Å². The molecule has 6 nitrogen and oxygen atoms in total. The van der Waals surface area contributed by atoms with E-state index in [1.165, 1.54) is 0 Å². The summed E-state index contributed by atoms with van der Waals surface area (Å²) in [6.07, 6.45) is 0.246. The summed E-state index contributed by atoms with van der Waals surface area (Å²) in [4.78, 5) is 26.6. The van der Waals surface area contributed by atoms with Crippen molar-refractivity contribution in [1.82, 2.24) is 9.78 Å². The summed E-state index contributed by atoms with van der Waals surface area (Å²) in [5.74, 6) is 2.08. The van der Waals surface area contributed by atoms with Gasteiger partial charge in [-0.1, -0.05) is 18.2 Å². The summed E-state index contributed by atoms with van der Waals surface area (Å²) in [7, 11) is 1.84. The number of aryl methyl sites for hydroxylation is 1. The van der Waals surface area contributed by atoms with Crippen LogP contribution in [0.2, 0.25) is 0 Å². The molecule has 0 spiro atoms. The van der Waals surface area contributed by atoms with E-state index in [2.05, 4.69) is 10.4 Å². The molecule has 4 rings (SSSR count). The second kappa shape index (κ2) is 5.98. The van der Waals surface area contributed by atoms with Crippen LogP contribution in [0.3, 0.4) is 0 Å². The lowest BCUT2D eigenvalue weighted by Gasteiger charge is -2.16. The Balaban J connectivity index is 1.49. The molecule has 3 heterocycles. The molecule has 0 aliphatic carbocycles. The zero-order chi connectivity index (χ0) is 16.7. The van der Waals surface area contributed by atoms with Gasteiger partial charge in [-0.15, -0.1) is 0 Å². The molecule has 1 aromatic heterocycles. The lowest BCUT2D eigenvalue weighted by atomic mass is 10.1. The number of carbonyl (C=O) groups excluding carboxylic acids is 2. The first kappa shape index (κ1) is 15.3. The molecule has 1 N–H and O–H groups in total. The number of nitrogens with zero attached hydrogens (tertiary/aromatic N) is 3. The van der Waals surface area contributed by atoms with Gasteiger partial charge in [0.05, 0.1) is 11.6 Å². The normalized spacial score (nSPS) is 19.6. The summed E-state index contributed by atoms with van der Waals surface area (Å²) in [6, 6.07) is 9.49. The lowest BCUT2D eigenvalue weighted by molar-refractivity contribution is -0.122. The first-order chi connectivity index (χ1) is 11.6. The minimum Gasteiger partial charge on any atom is -0.312 e. The van der Waals surface area contributed by atoms with E-state index in [0.717, 1.165) is 34.3 Å². The maximum absolute atomic E-state index is 12.6. The van der Waals surface area contributed by atoms with Crippen molar-refractivity contribution in [2.45, 2.75) is 17.9 Å². The Morgan fingerprint density at radius 3 is 2.88 bits per heavy atom. The second-order valence-electron chi connectivity index (χ2n) is 6.12. The van der Waals surface area contributed by atoms with Crippen molar-refractivity contribution in [2.24, 2.45) is 13.0 Å². The molecule has 0 bridgehead atoms. The molecule has 1 saturated heterocycles. The fraction of sp³-hybridized carbons (Fsp3) is 0.353. The number of para-hydroxylation sites is 1. The molecule has 2 aliphatic heterocycles. The van der Waals surface area contributed by atoms with Crippen molar-refractivity contribution in [1.29, 1.82) is 0 Å². The molecule has 0 unspecified atom stereocenters. The van der Waals surface area contributed by atoms with E-state index in [0.29, 0.717) is 6.54 Å². The largest absolute Gasteiger partial charge is 0.312 e. The van der Waals surface area contributed by atoms with E-state index >= 15 is 0 Å². The molecule has 2 amide bonds. The van der Waals surface area contributed by atoms with Gasteiger partial charge in [-0.3, -0.25) is 14.3 Å². The van der Waals surface area contributed by atoms with E-state index in [9.17, 15) is 9.59 Å². The molecule has 2 aromatic rings. The number of thioether (sulfide) groups is 1. The average molecular weight is 342 g/mol. The third-order valence-corrected chi connectivity index (χ3v) is 5.49. The van der Waals surface area contributed by atoms with Crippen LogP contribution in [0, 0.1) is 5.92 Å². The standard InChI is InChI=1S/C17H18N4O2S/c1-20-16(13-9-24-10-14(13)19-20)18-17(23)11-7-15(22)21(8-11)12-5-3-2-4-6-12/h2-6,11H,7-10H2,1H3,(H,18,23)/t11-/m0/s1. The highest BCUT2D eigenvalue weighted by molar-refractivity contribution is 7.98. The molecule has 1 atom stereocenters. The highest BCUT2D eigenvalue weighted by atomic mass is 32.2. The summed E-state index contributed by atoms with van der Waals surface area (Å²) in [6.45, 7) is 0.420. The SMILES string of the molecule is Cn1nc2c(c1NC(=O)[C@H]1CC(=O)N(c3ccccc3)C1)CSC2. The highest BCUT2D eigenvalue weighted by Gasteiger charge is 2.36. The summed E-state index contributed by atoms with van der Waals surface area (Å²) in [5, 5.41) is 7.45. The van der Waals surface area contributed by atoms with Crippen LogP contribution in [-0.2, 0) is 28.1 Å². The Labute approximate surface area is 144 Å². The van der Waals surface area contributed by atoms with Crippen LogP contribution in [0.5, 0.6) is 0 Å². The molecule has 7 heteroatoms. The van der Waals surface area contributed by atoms with Crippen LogP contribution in [0.1, 0.15) is 17.7 Å². The number of hydrogen-bond acceptors (Lipinski definition) is 4. The average Bonchev–Trinajstić information content (AvgIpc) is 3.25. The predicted octanol–water partition coefficient (Wildman–Crippen LogP) is 2.16. The first-order valence-electron chi connectivity index (χ1n) is 7.92. The monoisotopic (exact) mass is 342 g/mol. The quantitative estimate of drug-likeness (QED) is 0.928. The van der Waals surface area contributed by atoms with Gasteiger partial charge in [-0.25, -0.2) is 0 Å². The first-order valence-corrected chi connectivity index (χ1v) is 9.07. The molecular weight excluding hydrogens is 324 g/mol. The summed E-state index contributed by atoms with van der Waals surface area (Å²) < 4.78 is 1.73. The van der Waals surface area contributed by atoms with Gasteiger partial charge >= 0.3 is 0 Å². The van der Waals surface area contributed by atoms with Crippen molar-refractivity contribution in [2.75, 3.05) is 16.8 Å². The molecular formula is C17H18N4O2S. The topological polar surface area (TPSA) is 67.2 Å². The Morgan fingerprint density at radius 2 is 2.08 bits per heavy atom. The Bertz CT molecular complexity index is 802. The van der Waals surface area contributed by atoms with E-state index in [1.807, 2.05) is 37.4 Å². The van der Waals surface area contributed by atoms with Crippen LogP contribution in [0.4, 0.5) is 11.5 Å². The zero-order valence-electron chi connectivity index (χ0n) is 13.4. The molecule has 1 aromatic carbocycles. The number of aromatic nitrogens is 2. The maximum Gasteiger partial charge on any atom is 0.230 e. The van der Waals surface area contributed by atoms with Crippen LogP contribution >= 0.6 is 11.8 Å². The minimum atomic E-state index is -0.336. The van der Waals surface area contributed by atoms with Gasteiger partial charge in [0.2, 0.25) is 11.8 Å². The van der Waals surface area contributed by atoms with Gasteiger partial charge in [-0.05, 0) is 12.1 Å². The van der Waals surface area contributed by atoms with Crippen molar-refractivity contribution in [3.05, 3.63) is 41.6 Å². The smallest absolute Gasteiger partial charge is 0.230 e. The van der Waals surface area contributed by atoms with E-state index < -0.39 is 0 Å². The number of amides is 2. The Morgan fingerprint density at radius 1 is 1.29 bits per heavy atom. The Hall–Kier alpha value is -2.28. The molecule has 1 fully saturated rings. The summed E-state index contributed by atoms with van der Waals surface area (Å²) >= 11 is 1.80. The van der Waals surface area contributed by atoms with Gasteiger partial charge in [-0.2, -0.15) is 16.9 Å². The number of fused-ring (bicyclic) bond motifs is 1. The van der Waals surface area contributed by atoms with Gasteiger partial charge in [0.25, 0.3) is 0 Å². The van der Waals surface area contributed by atoms with Crippen molar-refractivity contribution >= 4 is 35.1 Å². The van der Waals surface area contributed by atoms with Crippen molar-refractivity contribution < 1.29 is 9.59 Å². The van der Waals surface area contributed by atoms with E-state index in [-0.39, 0.29) is 24.2 Å². The number of rotatable bonds is 3. The second-order valence-corrected chi connectivity index (χ2v) is 7.11. The number of anilines is 2. The van der Waals surface area contributed by atoms with Crippen LogP contribution in [0.15, 0.2) is 30.3 Å². The number of carbonyl (C=O) groups is 2. The lowest BCUT2D eigenvalue weighted by Crippen LogP contribution is -2.28. The van der Waals surface area contributed by atoms with Crippen molar-refractivity contribution in [3.8, 4) is 0 Å². The van der Waals surface area contributed by atoms with Crippen molar-refractivity contribution in [3.63, 3.8) is 0 Å². The van der Waals surface area contributed by atoms with Crippen LogP contribution < -0.4 is 10.2 Å². The van der Waals surface area contributed by atoms with Gasteiger partial charge in [0, 0.05) is 42.8 Å². The van der Waals surface area contributed by atoms with E-state index in [1.54, 1.807) is 21.3 Å². The molecule has 124 valence electrons. The minimum absolute atomic E-state index is 0.00728. The number of hydrogen-bond donors (Lipinski definition) is 1. The third-order valence-electron chi connectivity index (χ3n) is 4.52. The van der Waals surface area contributed by atoms with Gasteiger partial charge in [0.1, 0.15) is 5.82 Å². The number of nitrogens with one attached hydrogen (secondary N) is 1. The maximum atomic E-state index is 12.6. The summed E-state index contributed by atoms with van der Waals surface area (Å²) in [5.41, 5.74) is 3.00. The fourth-order valence-corrected chi connectivity index (χ4v) is 4.29. The van der Waals surface area contributed by atoms with Crippen LogP contribution in [0.25, 0.3) is 0 Å². The van der Waals surface area contributed by atoms with E-state index in [4.69, 9.17) is 0 Å². The highest BCUT2D eigenvalue weighted by Crippen LogP contribution is 2.34. The zero-order valence-corrected chi connectivity index (χ0v) is 14.2. The Kier molecular flexibility index (Phi) is 3.80. The molecule has 24 heavy (non-hydrogen) atoms. The van der Waals surface area contributed by atoms with Crippen LogP contribution in [-0.4, -0.2) is 28.1 Å². The molecule has 0 saturated carbocycles. The third kappa shape index (κ3) is 2.58. The fourth-order valence-electron chi connectivity index (χ4n) is 3.26. The van der Waals surface area contributed by atoms with Gasteiger partial charge in [0.15, 0.2) is 0 Å². The molecule has 2 aliphatic rings. The predicted molar refractivity (Wildman–Crippen MR) is 93.7 cm³/mol. The molecule has 0 radical (unpaired) electrons. The number of benzene rings is 1.